The molecule has 0 aliphatic carbocycles. The molecular weight excluding hydrogens is 256 g/mol. The van der Waals surface area contributed by atoms with Gasteiger partial charge in [-0.2, -0.15) is 5.26 Å². The molecule has 0 bridgehead atoms. The Bertz CT molecular complexity index is 419. The lowest BCUT2D eigenvalue weighted by Crippen LogP contribution is -2.16. The molecule has 0 radical (unpaired) electrons. The van der Waals surface area contributed by atoms with Crippen molar-refractivity contribution in [1.29, 1.82) is 5.26 Å². The Morgan fingerprint density at radius 3 is 2.17 bits per heavy atom. The maximum absolute atomic E-state index is 11.5. The van der Waals surface area contributed by atoms with Crippen molar-refractivity contribution < 1.29 is 19.1 Å². The fourth-order valence-corrected chi connectivity index (χ4v) is 1.18. The summed E-state index contributed by atoms with van der Waals surface area (Å²) in [6, 6.07) is 0. The predicted molar refractivity (Wildman–Crippen MR) is 66.8 cm³/mol. The third kappa shape index (κ3) is 5.96. The van der Waals surface area contributed by atoms with E-state index in [4.69, 9.17) is 20.5 Å². The van der Waals surface area contributed by atoms with E-state index >= 15 is 0 Å². The summed E-state index contributed by atoms with van der Waals surface area (Å²) in [5.41, 5.74) is 5.89. The van der Waals surface area contributed by atoms with Gasteiger partial charge in [0.05, 0.1) is 0 Å². The highest BCUT2D eigenvalue weighted by Gasteiger charge is 2.14. The summed E-state index contributed by atoms with van der Waals surface area (Å²) >= 11 is 0.626. The summed E-state index contributed by atoms with van der Waals surface area (Å²) in [4.78, 5) is 22.5. The van der Waals surface area contributed by atoms with Gasteiger partial charge in [-0.25, -0.2) is 9.59 Å². The highest BCUT2D eigenvalue weighted by molar-refractivity contribution is 8.08. The standard InChI is InChI=1S/C11H14N2O4S/c1-7(2)10(14)16-4-5-17-11(15)9(8(3)13)18-6-12/h1,4-5,13H2,2-3H3/b9-8+. The van der Waals surface area contributed by atoms with Crippen molar-refractivity contribution in [2.45, 2.75) is 13.8 Å². The summed E-state index contributed by atoms with van der Waals surface area (Å²) in [5.74, 6) is -1.27. The van der Waals surface area contributed by atoms with E-state index in [-0.39, 0.29) is 29.4 Å². The molecule has 0 aromatic heterocycles. The second kappa shape index (κ2) is 8.20. The summed E-state index contributed by atoms with van der Waals surface area (Å²) in [6.45, 7) is 6.21. The third-order valence-electron chi connectivity index (χ3n) is 1.59. The highest BCUT2D eigenvalue weighted by atomic mass is 32.2. The average Bonchev–Trinajstić information content (AvgIpc) is 2.30. The van der Waals surface area contributed by atoms with Crippen LogP contribution in [0, 0.1) is 10.7 Å². The number of nitrogens with zero attached hydrogens (tertiary/aromatic N) is 1. The van der Waals surface area contributed by atoms with E-state index in [0.29, 0.717) is 11.8 Å². The minimum atomic E-state index is -0.715. The number of ether oxygens (including phenoxy) is 2. The van der Waals surface area contributed by atoms with E-state index in [2.05, 4.69) is 6.58 Å². The number of hydrogen-bond acceptors (Lipinski definition) is 7. The Hall–Kier alpha value is -1.94. The lowest BCUT2D eigenvalue weighted by molar-refractivity contribution is -0.146. The molecule has 0 saturated carbocycles. The van der Waals surface area contributed by atoms with Crippen molar-refractivity contribution in [2.75, 3.05) is 13.2 Å². The maximum Gasteiger partial charge on any atom is 0.347 e. The zero-order chi connectivity index (χ0) is 14.1. The van der Waals surface area contributed by atoms with Gasteiger partial charge in [0.2, 0.25) is 0 Å². The van der Waals surface area contributed by atoms with Gasteiger partial charge in [-0.05, 0) is 25.6 Å². The molecule has 0 aliphatic rings. The number of hydrogen-bond donors (Lipinski definition) is 1. The Morgan fingerprint density at radius 2 is 1.78 bits per heavy atom. The Labute approximate surface area is 109 Å². The zero-order valence-corrected chi connectivity index (χ0v) is 11.0. The molecule has 0 aromatic rings. The number of nitriles is 1. The molecule has 0 heterocycles. The van der Waals surface area contributed by atoms with Gasteiger partial charge in [0.1, 0.15) is 23.5 Å². The van der Waals surface area contributed by atoms with Crippen LogP contribution in [0.4, 0.5) is 0 Å². The second-order valence-corrected chi connectivity index (χ2v) is 4.05. The van der Waals surface area contributed by atoms with Gasteiger partial charge in [-0.3, -0.25) is 0 Å². The lowest BCUT2D eigenvalue weighted by Gasteiger charge is -2.07. The van der Waals surface area contributed by atoms with Crippen molar-refractivity contribution in [3.63, 3.8) is 0 Å². The second-order valence-electron chi connectivity index (χ2n) is 3.26. The monoisotopic (exact) mass is 270 g/mol. The molecule has 0 aromatic carbocycles. The highest BCUT2D eigenvalue weighted by Crippen LogP contribution is 2.17. The Kier molecular flexibility index (Phi) is 7.31. The molecule has 0 fully saturated rings. The quantitative estimate of drug-likeness (QED) is 0.333. The number of esters is 2. The first-order valence-corrected chi connectivity index (χ1v) is 5.73. The van der Waals surface area contributed by atoms with Crippen molar-refractivity contribution in [3.05, 3.63) is 22.8 Å². The molecule has 0 amide bonds. The van der Waals surface area contributed by atoms with E-state index in [1.807, 2.05) is 0 Å². The molecule has 0 spiro atoms. The van der Waals surface area contributed by atoms with E-state index in [0.717, 1.165) is 0 Å². The number of allylic oxidation sites excluding steroid dienone is 1. The fraction of sp³-hybridized carbons (Fsp3) is 0.364. The van der Waals surface area contributed by atoms with Gasteiger partial charge in [-0.15, -0.1) is 0 Å². The Morgan fingerprint density at radius 1 is 1.28 bits per heavy atom. The first kappa shape index (κ1) is 16.1. The van der Waals surface area contributed by atoms with Crippen LogP contribution >= 0.6 is 11.8 Å². The average molecular weight is 270 g/mol. The van der Waals surface area contributed by atoms with Crippen molar-refractivity contribution in [1.82, 2.24) is 0 Å². The van der Waals surface area contributed by atoms with Gasteiger partial charge < -0.3 is 15.2 Å². The number of thiocyanates is 1. The SMILES string of the molecule is C=C(C)C(=O)OCCOC(=O)/C(SC#N)=C(/C)N. The molecule has 2 N–H and O–H groups in total. The first-order chi connectivity index (χ1) is 8.40. The molecule has 0 unspecified atom stereocenters. The third-order valence-corrected chi connectivity index (χ3v) is 2.37. The van der Waals surface area contributed by atoms with Crippen LogP contribution in [0.1, 0.15) is 13.8 Å². The summed E-state index contributed by atoms with van der Waals surface area (Å²) in [6.07, 6.45) is 0. The fourth-order valence-electron chi connectivity index (χ4n) is 0.786. The topological polar surface area (TPSA) is 102 Å². The number of rotatable bonds is 6. The molecule has 6 nitrogen and oxygen atoms in total. The van der Waals surface area contributed by atoms with Gasteiger partial charge >= 0.3 is 11.9 Å². The van der Waals surface area contributed by atoms with E-state index in [1.165, 1.54) is 13.8 Å². The van der Waals surface area contributed by atoms with Crippen LogP contribution in [0.5, 0.6) is 0 Å². The summed E-state index contributed by atoms with van der Waals surface area (Å²) < 4.78 is 9.51. The van der Waals surface area contributed by atoms with Crippen LogP contribution in [0.3, 0.4) is 0 Å². The predicted octanol–water partition coefficient (Wildman–Crippen LogP) is 1.05. The van der Waals surface area contributed by atoms with E-state index < -0.39 is 11.9 Å². The molecular formula is C11H14N2O4S. The van der Waals surface area contributed by atoms with Crippen molar-refractivity contribution >= 4 is 23.7 Å². The molecule has 18 heavy (non-hydrogen) atoms. The molecule has 0 aliphatic heterocycles. The largest absolute Gasteiger partial charge is 0.459 e. The van der Waals surface area contributed by atoms with Crippen LogP contribution in [-0.4, -0.2) is 25.2 Å². The molecule has 0 saturated heterocycles. The van der Waals surface area contributed by atoms with Crippen LogP contribution in [0.15, 0.2) is 22.8 Å². The smallest absolute Gasteiger partial charge is 0.347 e. The zero-order valence-electron chi connectivity index (χ0n) is 10.2. The Balaban J connectivity index is 4.12. The summed E-state index contributed by atoms with van der Waals surface area (Å²) in [5, 5.41) is 10.2. The van der Waals surface area contributed by atoms with Crippen LogP contribution in [0.2, 0.25) is 0 Å². The van der Waals surface area contributed by atoms with E-state index in [9.17, 15) is 9.59 Å². The number of thioether (sulfide) groups is 1. The molecule has 0 rings (SSSR count). The van der Waals surface area contributed by atoms with E-state index in [1.54, 1.807) is 5.40 Å². The first-order valence-electron chi connectivity index (χ1n) is 4.92. The molecule has 0 atom stereocenters. The molecule has 7 heteroatoms. The van der Waals surface area contributed by atoms with Crippen molar-refractivity contribution in [2.24, 2.45) is 5.73 Å². The van der Waals surface area contributed by atoms with Crippen LogP contribution in [-0.2, 0) is 19.1 Å². The minimum Gasteiger partial charge on any atom is -0.459 e. The van der Waals surface area contributed by atoms with Gasteiger partial charge in [-0.1, -0.05) is 6.58 Å². The van der Waals surface area contributed by atoms with Crippen LogP contribution < -0.4 is 5.73 Å². The number of carbonyl (C=O) groups is 2. The van der Waals surface area contributed by atoms with Gasteiger partial charge in [0.25, 0.3) is 0 Å². The maximum atomic E-state index is 11.5. The minimum absolute atomic E-state index is 0.0312. The van der Waals surface area contributed by atoms with Crippen LogP contribution in [0.25, 0.3) is 0 Å². The van der Waals surface area contributed by atoms with Crippen molar-refractivity contribution in [3.8, 4) is 5.40 Å². The molecule has 98 valence electrons. The number of nitrogens with two attached hydrogens (primary N) is 1. The van der Waals surface area contributed by atoms with Gasteiger partial charge in [0, 0.05) is 11.3 Å². The normalized spacial score (nSPS) is 10.9. The summed E-state index contributed by atoms with van der Waals surface area (Å²) in [7, 11) is 0. The lowest BCUT2D eigenvalue weighted by atomic mass is 10.4. The van der Waals surface area contributed by atoms with Gasteiger partial charge in [0.15, 0.2) is 0 Å². The number of carbonyl (C=O) groups excluding carboxylic acids is 2.